The van der Waals surface area contributed by atoms with Gasteiger partial charge in [-0.1, -0.05) is 189 Å². The van der Waals surface area contributed by atoms with Crippen LogP contribution in [0.15, 0.2) is 72.9 Å². The monoisotopic (exact) mass is 971 g/mol. The first kappa shape index (κ1) is 62.2. The molecule has 0 aliphatic heterocycles. The molecule has 386 valence electrons. The van der Waals surface area contributed by atoms with Crippen molar-refractivity contribution in [2.45, 2.75) is 223 Å². The van der Waals surface area contributed by atoms with Crippen LogP contribution in [0.5, 0.6) is 0 Å². The number of carbonyl (C=O) groups is 2. The van der Waals surface area contributed by atoms with E-state index in [2.05, 4.69) is 6.92 Å². The molecule has 15 nitrogen and oxygen atoms in total. The zero-order valence-electron chi connectivity index (χ0n) is 40.4. The number of aliphatic hydroxyl groups excluding tert-OH is 7. The van der Waals surface area contributed by atoms with Crippen molar-refractivity contribution in [2.24, 2.45) is 0 Å². The fourth-order valence-corrected chi connectivity index (χ4v) is 8.17. The fraction of sp³-hybridized carbons (Fsp3) is 0.725. The van der Waals surface area contributed by atoms with Crippen molar-refractivity contribution in [3.8, 4) is 0 Å². The second-order valence-corrected chi connectivity index (χ2v) is 18.8. The molecule has 1 rings (SSSR count). The van der Waals surface area contributed by atoms with E-state index in [0.717, 1.165) is 32.1 Å². The van der Waals surface area contributed by atoms with Gasteiger partial charge < -0.3 is 50.1 Å². The van der Waals surface area contributed by atoms with E-state index >= 15 is 0 Å². The summed E-state index contributed by atoms with van der Waals surface area (Å²) in [7, 11) is -5.17. The molecule has 0 spiro atoms. The van der Waals surface area contributed by atoms with Gasteiger partial charge in [0.25, 0.3) is 0 Å². The molecule has 1 aliphatic carbocycles. The maximum absolute atomic E-state index is 12.8. The smallest absolute Gasteiger partial charge is 0.462 e. The van der Waals surface area contributed by atoms with E-state index in [9.17, 15) is 54.8 Å². The fourth-order valence-electron chi connectivity index (χ4n) is 7.19. The van der Waals surface area contributed by atoms with Gasteiger partial charge in [-0.15, -0.1) is 0 Å². The Labute approximate surface area is 401 Å². The first-order chi connectivity index (χ1) is 32.2. The highest BCUT2D eigenvalue weighted by Gasteiger charge is 2.51. The molecule has 0 radical (unpaired) electrons. The zero-order valence-corrected chi connectivity index (χ0v) is 41.3. The normalized spacial score (nSPS) is 22.7. The number of phosphoric acid groups is 1. The van der Waals surface area contributed by atoms with Crippen LogP contribution in [0.25, 0.3) is 0 Å². The van der Waals surface area contributed by atoms with E-state index in [1.54, 1.807) is 42.5 Å². The number of allylic oxidation sites excluding steroid dienone is 8. The van der Waals surface area contributed by atoms with Crippen LogP contribution in [-0.4, -0.2) is 121 Å². The summed E-state index contributed by atoms with van der Waals surface area (Å²) in [6.45, 7) is 2.98. The molecule has 0 aromatic rings. The van der Waals surface area contributed by atoms with Crippen LogP contribution >= 0.6 is 7.82 Å². The van der Waals surface area contributed by atoms with Crippen molar-refractivity contribution in [2.75, 3.05) is 13.2 Å². The summed E-state index contributed by atoms with van der Waals surface area (Å²) in [6, 6.07) is 0. The minimum absolute atomic E-state index is 0.0865. The van der Waals surface area contributed by atoms with Crippen LogP contribution < -0.4 is 0 Å². The van der Waals surface area contributed by atoms with E-state index in [4.69, 9.17) is 18.5 Å². The molecule has 0 saturated heterocycles. The summed E-state index contributed by atoms with van der Waals surface area (Å²) < 4.78 is 33.4. The van der Waals surface area contributed by atoms with Gasteiger partial charge in [-0.2, -0.15) is 0 Å². The van der Waals surface area contributed by atoms with Crippen molar-refractivity contribution in [3.05, 3.63) is 72.9 Å². The molecule has 1 fully saturated rings. The highest BCUT2D eigenvalue weighted by molar-refractivity contribution is 7.47. The van der Waals surface area contributed by atoms with Gasteiger partial charge in [-0.25, -0.2) is 4.57 Å². The highest BCUT2D eigenvalue weighted by Crippen LogP contribution is 2.47. The third-order valence-corrected chi connectivity index (χ3v) is 12.2. The number of hydrogen-bond donors (Lipinski definition) is 8. The lowest BCUT2D eigenvalue weighted by Gasteiger charge is -2.41. The zero-order chi connectivity index (χ0) is 49.5. The van der Waals surface area contributed by atoms with E-state index in [1.807, 2.05) is 37.3 Å². The van der Waals surface area contributed by atoms with Crippen molar-refractivity contribution in [3.63, 3.8) is 0 Å². The highest BCUT2D eigenvalue weighted by atomic mass is 31.2. The minimum Gasteiger partial charge on any atom is -0.462 e. The molecule has 1 saturated carbocycles. The SMILES string of the molecule is CC/C=C\C[C@H](O)/C=C/C=C\C=C\[C@H](O)C/C=C\C/C=C\CCC(=O)O[C@H](COC(=O)CCCCCCCCCCCCCCCCCCC)COP(=O)(O)OC1[C@H](O)[C@H](O)C(O)[C@H](O)[C@H]1O. The first-order valence-corrected chi connectivity index (χ1v) is 26.5. The molecular formula is C51H87O15P. The lowest BCUT2D eigenvalue weighted by atomic mass is 9.85. The van der Waals surface area contributed by atoms with Crippen molar-refractivity contribution < 1.29 is 73.3 Å². The Balaban J connectivity index is 2.53. The number of aliphatic hydroxyl groups is 7. The summed E-state index contributed by atoms with van der Waals surface area (Å²) in [5.74, 6) is -1.27. The molecule has 3 unspecified atom stereocenters. The van der Waals surface area contributed by atoms with Crippen LogP contribution in [0.3, 0.4) is 0 Å². The largest absolute Gasteiger partial charge is 0.472 e. The third kappa shape index (κ3) is 32.6. The summed E-state index contributed by atoms with van der Waals surface area (Å²) >= 11 is 0. The molecule has 0 bridgehead atoms. The van der Waals surface area contributed by atoms with Crippen LogP contribution in [-0.2, 0) is 32.7 Å². The standard InChI is InChI=1S/C51H87O15P/c1-3-5-7-8-9-10-11-12-13-14-15-16-17-18-19-23-31-37-44(54)63-39-43(40-64-67(61,62)66-51-49(59)47(57)46(56)48(58)50(51)60)65-45(55)38-32-24-21-20-22-28-34-42(53)36-30-26-25-29-35-41(52)33-27-6-4-2/h6,21-22,24-30,35-36,41-43,46-53,56-60H,3-5,7-20,23,31-34,37-40H2,1-2H3,(H,61,62)/b24-21-,26-25-,27-6-,28-22-,35-29+,36-30+/t41-,42+,43+,46?,47-,48+,49+,50+,51?/m0/s1. The molecule has 0 aromatic heterocycles. The number of esters is 2. The van der Waals surface area contributed by atoms with Gasteiger partial charge in [0, 0.05) is 12.8 Å². The van der Waals surface area contributed by atoms with E-state index in [0.29, 0.717) is 25.7 Å². The molecule has 0 aromatic carbocycles. The summed E-state index contributed by atoms with van der Waals surface area (Å²) in [4.78, 5) is 35.8. The lowest BCUT2D eigenvalue weighted by molar-refractivity contribution is -0.220. The summed E-state index contributed by atoms with van der Waals surface area (Å²) in [5.41, 5.74) is 0. The Kier molecular flexibility index (Phi) is 37.1. The molecular weight excluding hydrogens is 884 g/mol. The van der Waals surface area contributed by atoms with Crippen LogP contribution in [0.2, 0.25) is 0 Å². The molecule has 1 aliphatic rings. The van der Waals surface area contributed by atoms with Gasteiger partial charge >= 0.3 is 19.8 Å². The van der Waals surface area contributed by atoms with Crippen LogP contribution in [0, 0.1) is 0 Å². The average Bonchev–Trinajstić information content (AvgIpc) is 3.30. The average molecular weight is 971 g/mol. The summed E-state index contributed by atoms with van der Waals surface area (Å²) in [6.07, 6.45) is 30.1. The van der Waals surface area contributed by atoms with Gasteiger partial charge in [0.05, 0.1) is 18.8 Å². The lowest BCUT2D eigenvalue weighted by Crippen LogP contribution is -2.64. The van der Waals surface area contributed by atoms with E-state index < -0.39 is 87.9 Å². The Hall–Kier alpha value is -2.79. The second kappa shape index (κ2) is 40.0. The quantitative estimate of drug-likeness (QED) is 0.00947. The van der Waals surface area contributed by atoms with Gasteiger partial charge in [-0.05, 0) is 38.5 Å². The number of hydrogen-bond acceptors (Lipinski definition) is 14. The number of phosphoric ester groups is 1. The number of unbranched alkanes of at least 4 members (excludes halogenated alkanes) is 16. The Morgan fingerprint density at radius 3 is 1.52 bits per heavy atom. The Morgan fingerprint density at radius 2 is 1.01 bits per heavy atom. The predicted molar refractivity (Wildman–Crippen MR) is 261 cm³/mol. The van der Waals surface area contributed by atoms with Gasteiger partial charge in [-0.3, -0.25) is 18.6 Å². The maximum atomic E-state index is 12.8. The first-order valence-electron chi connectivity index (χ1n) is 25.0. The molecule has 67 heavy (non-hydrogen) atoms. The predicted octanol–water partition coefficient (Wildman–Crippen LogP) is 8.22. The Morgan fingerprint density at radius 1 is 0.552 bits per heavy atom. The van der Waals surface area contributed by atoms with Crippen molar-refractivity contribution in [1.82, 2.24) is 0 Å². The van der Waals surface area contributed by atoms with Crippen LogP contribution in [0.1, 0.15) is 168 Å². The third-order valence-electron chi connectivity index (χ3n) is 11.2. The number of carbonyl (C=O) groups excluding carboxylic acids is 2. The van der Waals surface area contributed by atoms with Crippen molar-refractivity contribution >= 4 is 19.8 Å². The molecule has 16 heteroatoms. The van der Waals surface area contributed by atoms with Gasteiger partial charge in [0.2, 0.25) is 0 Å². The maximum Gasteiger partial charge on any atom is 0.472 e. The molecule has 0 heterocycles. The topological polar surface area (TPSA) is 250 Å². The van der Waals surface area contributed by atoms with Crippen molar-refractivity contribution in [1.29, 1.82) is 0 Å². The van der Waals surface area contributed by atoms with Gasteiger partial charge in [0.1, 0.15) is 43.2 Å². The molecule has 8 N–H and O–H groups in total. The molecule has 10 atom stereocenters. The van der Waals surface area contributed by atoms with E-state index in [1.165, 1.54) is 77.0 Å². The van der Waals surface area contributed by atoms with Crippen LogP contribution in [0.4, 0.5) is 0 Å². The second-order valence-electron chi connectivity index (χ2n) is 17.3. The number of rotatable bonds is 40. The Bertz CT molecular complexity index is 1480. The molecule has 0 amide bonds. The van der Waals surface area contributed by atoms with E-state index in [-0.39, 0.29) is 19.3 Å². The minimum atomic E-state index is -5.17. The number of ether oxygens (including phenoxy) is 2. The summed E-state index contributed by atoms with van der Waals surface area (Å²) in [5, 5.41) is 70.2. The van der Waals surface area contributed by atoms with Gasteiger partial charge in [0.15, 0.2) is 6.10 Å².